The van der Waals surface area contributed by atoms with Crippen LogP contribution in [0.1, 0.15) is 43.8 Å². The second-order valence-corrected chi connectivity index (χ2v) is 5.79. The van der Waals surface area contributed by atoms with E-state index >= 15 is 0 Å². The molecule has 5 nitrogen and oxygen atoms in total. The van der Waals surface area contributed by atoms with E-state index in [1.54, 1.807) is 0 Å². The van der Waals surface area contributed by atoms with Crippen LogP contribution in [-0.4, -0.2) is 29.1 Å². The van der Waals surface area contributed by atoms with E-state index in [1.165, 1.54) is 18.2 Å². The van der Waals surface area contributed by atoms with Gasteiger partial charge in [0.1, 0.15) is 0 Å². The number of hydrogen-bond acceptors (Lipinski definition) is 3. The molecule has 1 saturated heterocycles. The maximum atomic E-state index is 12.7. The zero-order valence-corrected chi connectivity index (χ0v) is 12.9. The number of nitrogens with one attached hydrogen (secondary N) is 2. The molecule has 2 amide bonds. The van der Waals surface area contributed by atoms with Gasteiger partial charge in [-0.2, -0.15) is 13.2 Å². The molecule has 1 aromatic rings. The minimum Gasteiger partial charge on any atom is -0.379 e. The van der Waals surface area contributed by atoms with Gasteiger partial charge in [-0.25, -0.2) is 0 Å². The van der Waals surface area contributed by atoms with E-state index < -0.39 is 23.8 Å². The summed E-state index contributed by atoms with van der Waals surface area (Å²) in [5.74, 6) is -0.637. The van der Waals surface area contributed by atoms with Gasteiger partial charge in [-0.3, -0.25) is 9.59 Å². The van der Waals surface area contributed by atoms with Crippen molar-refractivity contribution in [3.05, 3.63) is 29.8 Å². The minimum absolute atomic E-state index is 0.0256. The number of alkyl halides is 3. The van der Waals surface area contributed by atoms with Crippen LogP contribution in [0.2, 0.25) is 0 Å². The average Bonchev–Trinajstić information content (AvgIpc) is 2.70. The summed E-state index contributed by atoms with van der Waals surface area (Å²) < 4.78 is 38.1. The number of carbonyl (C=O) groups is 2. The van der Waals surface area contributed by atoms with E-state index in [-0.39, 0.29) is 24.1 Å². The Bertz CT molecular complexity index is 604. The van der Waals surface area contributed by atoms with Crippen molar-refractivity contribution in [3.63, 3.8) is 0 Å². The van der Waals surface area contributed by atoms with Crippen molar-refractivity contribution >= 4 is 17.5 Å². The van der Waals surface area contributed by atoms with Gasteiger partial charge < -0.3 is 15.7 Å². The first-order valence-electron chi connectivity index (χ1n) is 7.70. The van der Waals surface area contributed by atoms with E-state index in [0.29, 0.717) is 12.8 Å². The first kappa shape index (κ1) is 18.3. The summed E-state index contributed by atoms with van der Waals surface area (Å²) in [5, 5.41) is 14.5. The third kappa shape index (κ3) is 4.95. The molecule has 3 N–H and O–H groups in total. The molecule has 1 aliphatic heterocycles. The monoisotopic (exact) mass is 344 g/mol. The molecule has 0 unspecified atom stereocenters. The molecule has 0 saturated carbocycles. The van der Waals surface area contributed by atoms with E-state index in [2.05, 4.69) is 10.6 Å². The number of amides is 2. The molecule has 1 heterocycles. The highest BCUT2D eigenvalue weighted by Crippen LogP contribution is 2.36. The van der Waals surface area contributed by atoms with Crippen molar-refractivity contribution in [2.75, 3.05) is 5.32 Å². The van der Waals surface area contributed by atoms with Gasteiger partial charge in [0.25, 0.3) is 0 Å². The van der Waals surface area contributed by atoms with E-state index in [9.17, 15) is 27.9 Å². The molecule has 2 atom stereocenters. The van der Waals surface area contributed by atoms with Crippen molar-refractivity contribution in [2.24, 2.45) is 0 Å². The normalized spacial score (nSPS) is 20.0. The molecular weight excluding hydrogens is 325 g/mol. The number of carbonyl (C=O) groups excluding carboxylic acids is 2. The van der Waals surface area contributed by atoms with E-state index in [1.807, 2.05) is 0 Å². The SMILES string of the molecule is O=C(C[C@H]1CCCCC(=O)N1)Nc1ccccc1[C@@H](O)C(F)(F)F. The van der Waals surface area contributed by atoms with Crippen LogP contribution in [-0.2, 0) is 9.59 Å². The summed E-state index contributed by atoms with van der Waals surface area (Å²) in [5.41, 5.74) is -0.504. The Balaban J connectivity index is 2.05. The molecule has 1 fully saturated rings. The molecule has 24 heavy (non-hydrogen) atoms. The van der Waals surface area contributed by atoms with Crippen molar-refractivity contribution in [3.8, 4) is 0 Å². The number of para-hydroxylation sites is 1. The summed E-state index contributed by atoms with van der Waals surface area (Å²) in [6.07, 6.45) is -4.90. The van der Waals surface area contributed by atoms with Crippen LogP contribution in [0.3, 0.4) is 0 Å². The maximum Gasteiger partial charge on any atom is 0.418 e. The van der Waals surface area contributed by atoms with Gasteiger partial charge in [0.2, 0.25) is 11.8 Å². The summed E-state index contributed by atoms with van der Waals surface area (Å²) >= 11 is 0. The van der Waals surface area contributed by atoms with Gasteiger partial charge in [-0.1, -0.05) is 24.6 Å². The van der Waals surface area contributed by atoms with Crippen LogP contribution in [0, 0.1) is 0 Å². The van der Waals surface area contributed by atoms with Crippen molar-refractivity contribution < 1.29 is 27.9 Å². The van der Waals surface area contributed by atoms with E-state index in [0.717, 1.165) is 18.9 Å². The number of halogens is 3. The van der Waals surface area contributed by atoms with Crippen LogP contribution in [0.5, 0.6) is 0 Å². The summed E-state index contributed by atoms with van der Waals surface area (Å²) in [6, 6.07) is 4.90. The van der Waals surface area contributed by atoms with Crippen LogP contribution >= 0.6 is 0 Å². The van der Waals surface area contributed by atoms with Crippen LogP contribution < -0.4 is 10.6 Å². The fourth-order valence-electron chi connectivity index (χ4n) is 2.65. The maximum absolute atomic E-state index is 12.7. The number of benzene rings is 1. The first-order valence-corrected chi connectivity index (χ1v) is 7.70. The third-order valence-electron chi connectivity index (χ3n) is 3.84. The van der Waals surface area contributed by atoms with E-state index in [4.69, 9.17) is 0 Å². The number of anilines is 1. The number of aliphatic hydroxyl groups is 1. The summed E-state index contributed by atoms with van der Waals surface area (Å²) in [7, 11) is 0. The second-order valence-electron chi connectivity index (χ2n) is 5.79. The molecule has 0 aromatic heterocycles. The largest absolute Gasteiger partial charge is 0.418 e. The lowest BCUT2D eigenvalue weighted by Crippen LogP contribution is -2.36. The Morgan fingerprint density at radius 2 is 2.04 bits per heavy atom. The van der Waals surface area contributed by atoms with Gasteiger partial charge in [0, 0.05) is 30.1 Å². The standard InChI is InChI=1S/C16H19F3N2O3/c17-16(18,19)15(24)11-6-2-3-7-12(11)21-14(23)9-10-5-1-4-8-13(22)20-10/h2-3,6-7,10,15,24H,1,4-5,8-9H2,(H,20,22)(H,21,23)/t10-,15-/m1/s1. The number of aliphatic hydroxyl groups excluding tert-OH is 1. The molecule has 2 rings (SSSR count). The Morgan fingerprint density at radius 3 is 2.75 bits per heavy atom. The van der Waals surface area contributed by atoms with Gasteiger partial charge >= 0.3 is 6.18 Å². The smallest absolute Gasteiger partial charge is 0.379 e. The second kappa shape index (κ2) is 7.65. The lowest BCUT2D eigenvalue weighted by molar-refractivity contribution is -0.206. The zero-order chi connectivity index (χ0) is 17.7. The predicted octanol–water partition coefficient (Wildman–Crippen LogP) is 2.67. The minimum atomic E-state index is -4.82. The molecule has 1 aliphatic rings. The van der Waals surface area contributed by atoms with Crippen LogP contribution in [0.15, 0.2) is 24.3 Å². The lowest BCUT2D eigenvalue weighted by Gasteiger charge is -2.20. The highest BCUT2D eigenvalue weighted by atomic mass is 19.4. The number of rotatable bonds is 4. The van der Waals surface area contributed by atoms with Crippen LogP contribution in [0.4, 0.5) is 18.9 Å². The number of hydrogen-bond donors (Lipinski definition) is 3. The summed E-state index contributed by atoms with van der Waals surface area (Å²) in [4.78, 5) is 23.6. The topological polar surface area (TPSA) is 78.4 Å². The molecule has 0 aliphatic carbocycles. The molecule has 1 aromatic carbocycles. The molecular formula is C16H19F3N2O3. The third-order valence-corrected chi connectivity index (χ3v) is 3.84. The van der Waals surface area contributed by atoms with Crippen LogP contribution in [0.25, 0.3) is 0 Å². The Hall–Kier alpha value is -2.09. The average molecular weight is 344 g/mol. The Kier molecular flexibility index (Phi) is 5.82. The predicted molar refractivity (Wildman–Crippen MR) is 81.1 cm³/mol. The molecule has 132 valence electrons. The van der Waals surface area contributed by atoms with Crippen molar-refractivity contribution in [1.82, 2.24) is 5.32 Å². The van der Waals surface area contributed by atoms with Gasteiger partial charge in [0.15, 0.2) is 6.10 Å². The highest BCUT2D eigenvalue weighted by Gasteiger charge is 2.40. The quantitative estimate of drug-likeness (QED) is 0.786. The fraction of sp³-hybridized carbons (Fsp3) is 0.500. The zero-order valence-electron chi connectivity index (χ0n) is 12.9. The van der Waals surface area contributed by atoms with Crippen molar-refractivity contribution in [1.29, 1.82) is 0 Å². The molecule has 8 heteroatoms. The Morgan fingerprint density at radius 1 is 1.33 bits per heavy atom. The highest BCUT2D eigenvalue weighted by molar-refractivity contribution is 5.92. The fourth-order valence-corrected chi connectivity index (χ4v) is 2.65. The van der Waals surface area contributed by atoms with Gasteiger partial charge in [0.05, 0.1) is 0 Å². The van der Waals surface area contributed by atoms with Crippen molar-refractivity contribution in [2.45, 2.75) is 50.4 Å². The Labute approximate surface area is 137 Å². The van der Waals surface area contributed by atoms with Gasteiger partial charge in [-0.05, 0) is 18.9 Å². The molecule has 0 bridgehead atoms. The first-order chi connectivity index (χ1) is 11.3. The molecule has 0 spiro atoms. The van der Waals surface area contributed by atoms with Gasteiger partial charge in [-0.15, -0.1) is 0 Å². The molecule has 0 radical (unpaired) electrons. The lowest BCUT2D eigenvalue weighted by atomic mass is 10.1. The summed E-state index contributed by atoms with van der Waals surface area (Å²) in [6.45, 7) is 0.